The quantitative estimate of drug-likeness (QED) is 0.648. The third kappa shape index (κ3) is 3.84. The number of methoxy groups -OCH3 is 2. The van der Waals surface area contributed by atoms with Gasteiger partial charge in [-0.25, -0.2) is 4.79 Å². The number of carbonyl (C=O) groups is 2. The van der Waals surface area contributed by atoms with Gasteiger partial charge < -0.3 is 19.3 Å². The molecule has 2 aromatic rings. The fourth-order valence-electron chi connectivity index (χ4n) is 2.13. The van der Waals surface area contributed by atoms with Gasteiger partial charge in [-0.3, -0.25) is 4.79 Å². The number of phenolic OH excluding ortho intramolecular Hbond substituents is 1. The van der Waals surface area contributed by atoms with E-state index in [4.69, 9.17) is 14.2 Å². The first-order valence-electron chi connectivity index (χ1n) is 7.18. The third-order valence-corrected chi connectivity index (χ3v) is 3.42. The molecule has 0 aliphatic heterocycles. The smallest absolute Gasteiger partial charge is 0.342 e. The van der Waals surface area contributed by atoms with E-state index in [1.807, 2.05) is 0 Å². The summed E-state index contributed by atoms with van der Waals surface area (Å²) in [6.45, 7) is 1.32. The van der Waals surface area contributed by atoms with Crippen LogP contribution in [-0.2, 0) is 4.74 Å². The second-order valence-electron chi connectivity index (χ2n) is 5.09. The Morgan fingerprint density at radius 2 is 1.71 bits per heavy atom. The number of rotatable bonds is 6. The molecule has 0 aromatic heterocycles. The van der Waals surface area contributed by atoms with E-state index in [0.29, 0.717) is 11.5 Å². The topological polar surface area (TPSA) is 82.1 Å². The molecule has 24 heavy (non-hydrogen) atoms. The molecule has 0 atom stereocenters. The van der Waals surface area contributed by atoms with Gasteiger partial charge in [0.15, 0.2) is 6.61 Å². The normalized spacial score (nSPS) is 10.1. The summed E-state index contributed by atoms with van der Waals surface area (Å²) in [5, 5.41) is 9.76. The van der Waals surface area contributed by atoms with E-state index in [-0.39, 0.29) is 16.9 Å². The first kappa shape index (κ1) is 17.3. The molecule has 0 aliphatic rings. The molecule has 6 heteroatoms. The number of benzene rings is 2. The Balaban J connectivity index is 2.09. The van der Waals surface area contributed by atoms with E-state index >= 15 is 0 Å². The predicted octanol–water partition coefficient (Wildman–Crippen LogP) is 2.76. The van der Waals surface area contributed by atoms with Gasteiger partial charge in [0.2, 0.25) is 5.78 Å². The molecule has 0 fully saturated rings. The summed E-state index contributed by atoms with van der Waals surface area (Å²) in [7, 11) is 2.94. The molecule has 0 radical (unpaired) electrons. The Hall–Kier alpha value is -3.02. The molecule has 0 aliphatic carbocycles. The van der Waals surface area contributed by atoms with Crippen LogP contribution in [0, 0.1) is 6.92 Å². The van der Waals surface area contributed by atoms with Gasteiger partial charge in [0.05, 0.1) is 19.8 Å². The fraction of sp³-hybridized carbons (Fsp3) is 0.222. The van der Waals surface area contributed by atoms with Crippen LogP contribution in [0.5, 0.6) is 17.2 Å². The summed E-state index contributed by atoms with van der Waals surface area (Å²) in [5.41, 5.74) is 1.09. The monoisotopic (exact) mass is 330 g/mol. The molecule has 1 N–H and O–H groups in total. The van der Waals surface area contributed by atoms with Gasteiger partial charge in [0.1, 0.15) is 22.8 Å². The zero-order valence-electron chi connectivity index (χ0n) is 13.7. The molecule has 2 aromatic carbocycles. The Labute approximate surface area is 139 Å². The number of aryl methyl sites for hydroxylation is 1. The zero-order valence-corrected chi connectivity index (χ0v) is 13.7. The number of hydrogen-bond donors (Lipinski definition) is 1. The number of ether oxygens (including phenoxy) is 3. The van der Waals surface area contributed by atoms with E-state index in [1.54, 1.807) is 25.1 Å². The average Bonchev–Trinajstić information content (AvgIpc) is 2.58. The van der Waals surface area contributed by atoms with Crippen molar-refractivity contribution in [2.24, 2.45) is 0 Å². The lowest BCUT2D eigenvalue weighted by Crippen LogP contribution is -2.15. The molecule has 6 nitrogen and oxygen atoms in total. The molecule has 0 spiro atoms. The second kappa shape index (κ2) is 7.50. The van der Waals surface area contributed by atoms with Crippen molar-refractivity contribution in [2.45, 2.75) is 6.92 Å². The minimum atomic E-state index is -0.770. The zero-order chi connectivity index (χ0) is 17.7. The summed E-state index contributed by atoms with van der Waals surface area (Å²) in [5.74, 6) is -0.504. The first-order valence-corrected chi connectivity index (χ1v) is 7.18. The Morgan fingerprint density at radius 3 is 2.33 bits per heavy atom. The van der Waals surface area contributed by atoms with Gasteiger partial charge >= 0.3 is 5.97 Å². The summed E-state index contributed by atoms with van der Waals surface area (Å²) >= 11 is 0. The standard InChI is InChI=1S/C18H18O6/c1-11-4-6-14(15(19)8-11)18(21)24-10-16(20)13-7-5-12(22-2)9-17(13)23-3/h4-9,19H,10H2,1-3H3. The molecule has 0 heterocycles. The van der Waals surface area contributed by atoms with E-state index in [0.717, 1.165) is 5.56 Å². The van der Waals surface area contributed by atoms with Crippen molar-refractivity contribution in [3.05, 3.63) is 53.1 Å². The van der Waals surface area contributed by atoms with E-state index < -0.39 is 18.4 Å². The molecule has 0 amide bonds. The highest BCUT2D eigenvalue weighted by molar-refractivity contribution is 6.01. The highest BCUT2D eigenvalue weighted by Gasteiger charge is 2.18. The average molecular weight is 330 g/mol. The summed E-state index contributed by atoms with van der Waals surface area (Å²) < 4.78 is 15.2. The largest absolute Gasteiger partial charge is 0.507 e. The Morgan fingerprint density at radius 1 is 1.00 bits per heavy atom. The van der Waals surface area contributed by atoms with Crippen LogP contribution in [0.4, 0.5) is 0 Å². The number of carbonyl (C=O) groups excluding carboxylic acids is 2. The minimum Gasteiger partial charge on any atom is -0.507 e. The molecule has 0 saturated carbocycles. The second-order valence-corrected chi connectivity index (χ2v) is 5.09. The lowest BCUT2D eigenvalue weighted by molar-refractivity contribution is 0.0471. The van der Waals surface area contributed by atoms with Crippen molar-refractivity contribution in [3.8, 4) is 17.2 Å². The Kier molecular flexibility index (Phi) is 5.42. The van der Waals surface area contributed by atoms with Crippen LogP contribution in [0.15, 0.2) is 36.4 Å². The number of aromatic hydroxyl groups is 1. The lowest BCUT2D eigenvalue weighted by Gasteiger charge is -2.10. The predicted molar refractivity (Wildman–Crippen MR) is 87.0 cm³/mol. The van der Waals surface area contributed by atoms with Crippen LogP contribution in [-0.4, -0.2) is 37.7 Å². The molecular weight excluding hydrogens is 312 g/mol. The van der Waals surface area contributed by atoms with Crippen LogP contribution < -0.4 is 9.47 Å². The summed E-state index contributed by atoms with van der Waals surface area (Å²) in [6, 6.07) is 9.29. The van der Waals surface area contributed by atoms with Crippen LogP contribution in [0.1, 0.15) is 26.3 Å². The van der Waals surface area contributed by atoms with Gasteiger partial charge in [-0.15, -0.1) is 0 Å². The van der Waals surface area contributed by atoms with E-state index in [9.17, 15) is 14.7 Å². The van der Waals surface area contributed by atoms with Crippen molar-refractivity contribution in [3.63, 3.8) is 0 Å². The first-order chi connectivity index (χ1) is 11.5. The highest BCUT2D eigenvalue weighted by Crippen LogP contribution is 2.25. The number of phenols is 1. The maximum Gasteiger partial charge on any atom is 0.342 e. The summed E-state index contributed by atoms with van der Waals surface area (Å²) in [4.78, 5) is 24.2. The van der Waals surface area contributed by atoms with Crippen LogP contribution in [0.25, 0.3) is 0 Å². The molecule has 0 unspecified atom stereocenters. The van der Waals surface area contributed by atoms with E-state index in [2.05, 4.69) is 0 Å². The number of hydrogen-bond acceptors (Lipinski definition) is 6. The van der Waals surface area contributed by atoms with Crippen molar-refractivity contribution < 1.29 is 28.9 Å². The van der Waals surface area contributed by atoms with Crippen molar-refractivity contribution >= 4 is 11.8 Å². The minimum absolute atomic E-state index is 0.00935. The number of Topliss-reactive ketones (excluding diaryl/α,β-unsaturated/α-hetero) is 1. The van der Waals surface area contributed by atoms with Gasteiger partial charge in [0.25, 0.3) is 0 Å². The van der Waals surface area contributed by atoms with Crippen molar-refractivity contribution in [2.75, 3.05) is 20.8 Å². The number of esters is 1. The maximum atomic E-state index is 12.2. The SMILES string of the molecule is COc1ccc(C(=O)COC(=O)c2ccc(C)cc2O)c(OC)c1. The molecule has 2 rings (SSSR count). The van der Waals surface area contributed by atoms with Crippen molar-refractivity contribution in [1.29, 1.82) is 0 Å². The van der Waals surface area contributed by atoms with Gasteiger partial charge in [-0.1, -0.05) is 6.07 Å². The fourth-order valence-corrected chi connectivity index (χ4v) is 2.13. The molecular formula is C18H18O6. The Bertz CT molecular complexity index is 766. The van der Waals surface area contributed by atoms with Gasteiger partial charge in [-0.05, 0) is 36.8 Å². The van der Waals surface area contributed by atoms with E-state index in [1.165, 1.54) is 32.4 Å². The lowest BCUT2D eigenvalue weighted by atomic mass is 10.1. The number of ketones is 1. The highest BCUT2D eigenvalue weighted by atomic mass is 16.5. The van der Waals surface area contributed by atoms with Gasteiger partial charge in [-0.2, -0.15) is 0 Å². The summed E-state index contributed by atoms with van der Waals surface area (Å²) in [6.07, 6.45) is 0. The van der Waals surface area contributed by atoms with Crippen LogP contribution >= 0.6 is 0 Å². The third-order valence-electron chi connectivity index (χ3n) is 3.42. The van der Waals surface area contributed by atoms with Crippen molar-refractivity contribution in [1.82, 2.24) is 0 Å². The molecule has 126 valence electrons. The van der Waals surface area contributed by atoms with Crippen LogP contribution in [0.3, 0.4) is 0 Å². The maximum absolute atomic E-state index is 12.2. The molecule has 0 bridgehead atoms. The van der Waals surface area contributed by atoms with Gasteiger partial charge in [0, 0.05) is 6.07 Å². The molecule has 0 saturated heterocycles. The van der Waals surface area contributed by atoms with Crippen LogP contribution in [0.2, 0.25) is 0 Å².